The van der Waals surface area contributed by atoms with Crippen LogP contribution in [0, 0.1) is 0 Å². The van der Waals surface area contributed by atoms with Crippen molar-refractivity contribution in [3.63, 3.8) is 0 Å². The number of phenols is 1. The first kappa shape index (κ1) is 20.7. The van der Waals surface area contributed by atoms with Gasteiger partial charge >= 0.3 is 0 Å². The summed E-state index contributed by atoms with van der Waals surface area (Å²) in [7, 11) is 0. The molecule has 26 heavy (non-hydrogen) atoms. The molecule has 1 unspecified atom stereocenters. The highest BCUT2D eigenvalue weighted by molar-refractivity contribution is 6.05. The van der Waals surface area contributed by atoms with Gasteiger partial charge in [-0.15, -0.1) is 0 Å². The van der Waals surface area contributed by atoms with E-state index in [0.29, 0.717) is 17.7 Å². The van der Waals surface area contributed by atoms with Crippen molar-refractivity contribution in [2.75, 3.05) is 0 Å². The topological polar surface area (TPSA) is 37.3 Å². The van der Waals surface area contributed by atoms with Gasteiger partial charge in [0.2, 0.25) is 0 Å². The third-order valence-electron chi connectivity index (χ3n) is 5.60. The molecular formula is C23H33FO2. The minimum atomic E-state index is -1.83. The van der Waals surface area contributed by atoms with Gasteiger partial charge in [0, 0.05) is 5.56 Å². The number of phenolic OH excluding ortho intramolecular Hbond substituents is 1. The smallest absolute Gasteiger partial charge is 0.195 e. The summed E-state index contributed by atoms with van der Waals surface area (Å²) in [6, 6.07) is 2.00. The van der Waals surface area contributed by atoms with Crippen molar-refractivity contribution < 1.29 is 14.3 Å². The van der Waals surface area contributed by atoms with Crippen molar-refractivity contribution in [2.45, 2.75) is 91.2 Å². The molecule has 2 rings (SSSR count). The zero-order chi connectivity index (χ0) is 19.7. The number of rotatable bonds is 5. The Morgan fingerprint density at radius 2 is 1.73 bits per heavy atom. The van der Waals surface area contributed by atoms with E-state index in [9.17, 15) is 14.3 Å². The SMILES string of the molecule is CCC(=Cc1cc(C(C)(C)C)c(O)c2c1CCCC2)C(=O)C(C)(F)CC. The van der Waals surface area contributed by atoms with Crippen LogP contribution in [0.15, 0.2) is 11.6 Å². The van der Waals surface area contributed by atoms with E-state index in [4.69, 9.17) is 0 Å². The number of carbonyl (C=O) groups is 1. The molecule has 2 nitrogen and oxygen atoms in total. The second kappa shape index (κ2) is 7.54. The molecule has 0 saturated heterocycles. The van der Waals surface area contributed by atoms with E-state index >= 15 is 0 Å². The minimum absolute atomic E-state index is 0.171. The fourth-order valence-electron chi connectivity index (χ4n) is 3.67. The quantitative estimate of drug-likeness (QED) is 0.647. The number of carbonyl (C=O) groups excluding carboxylic acids is 1. The van der Waals surface area contributed by atoms with Crippen LogP contribution < -0.4 is 0 Å². The summed E-state index contributed by atoms with van der Waals surface area (Å²) in [5.41, 5.74) is 2.49. The highest BCUT2D eigenvalue weighted by atomic mass is 19.1. The van der Waals surface area contributed by atoms with E-state index in [0.717, 1.165) is 47.9 Å². The van der Waals surface area contributed by atoms with E-state index in [1.165, 1.54) is 6.92 Å². The maximum absolute atomic E-state index is 14.6. The van der Waals surface area contributed by atoms with Gasteiger partial charge < -0.3 is 5.11 Å². The molecule has 1 aliphatic carbocycles. The van der Waals surface area contributed by atoms with Crippen LogP contribution in [-0.2, 0) is 23.1 Å². The predicted molar refractivity (Wildman–Crippen MR) is 107 cm³/mol. The molecule has 0 bridgehead atoms. The number of Topliss-reactive ketones (excluding diaryl/α,β-unsaturated/α-hetero) is 1. The average molecular weight is 361 g/mol. The molecule has 0 aromatic heterocycles. The van der Waals surface area contributed by atoms with Gasteiger partial charge in [-0.3, -0.25) is 4.79 Å². The Hall–Kier alpha value is -1.64. The number of aromatic hydroxyl groups is 1. The number of ketones is 1. The van der Waals surface area contributed by atoms with Crippen molar-refractivity contribution in [2.24, 2.45) is 0 Å². The number of alkyl halides is 1. The van der Waals surface area contributed by atoms with Gasteiger partial charge in [-0.1, -0.05) is 34.6 Å². The second-order valence-corrected chi connectivity index (χ2v) is 8.68. The summed E-state index contributed by atoms with van der Waals surface area (Å²) in [6.07, 6.45) is 6.43. The molecular weight excluding hydrogens is 327 g/mol. The molecule has 3 heteroatoms. The normalized spacial score (nSPS) is 17.6. The summed E-state index contributed by atoms with van der Waals surface area (Å²) in [5, 5.41) is 10.8. The van der Waals surface area contributed by atoms with Crippen molar-refractivity contribution in [1.29, 1.82) is 0 Å². The van der Waals surface area contributed by atoms with Crippen molar-refractivity contribution in [3.05, 3.63) is 33.9 Å². The van der Waals surface area contributed by atoms with Gasteiger partial charge in [0.15, 0.2) is 11.5 Å². The van der Waals surface area contributed by atoms with Gasteiger partial charge in [0.1, 0.15) is 5.75 Å². The van der Waals surface area contributed by atoms with Crippen LogP contribution >= 0.6 is 0 Å². The van der Waals surface area contributed by atoms with Gasteiger partial charge in [-0.25, -0.2) is 4.39 Å². The molecule has 0 spiro atoms. The number of hydrogen-bond donors (Lipinski definition) is 1. The summed E-state index contributed by atoms with van der Waals surface area (Å²) >= 11 is 0. The molecule has 0 radical (unpaired) electrons. The predicted octanol–water partition coefficient (Wildman–Crippen LogP) is 6.07. The lowest BCUT2D eigenvalue weighted by molar-refractivity contribution is -0.125. The molecule has 1 N–H and O–H groups in total. The molecule has 1 aromatic rings. The zero-order valence-electron chi connectivity index (χ0n) is 17.1. The van der Waals surface area contributed by atoms with Gasteiger partial charge in [-0.05, 0) is 85.3 Å². The Bertz CT molecular complexity index is 721. The van der Waals surface area contributed by atoms with E-state index < -0.39 is 11.5 Å². The molecule has 0 fully saturated rings. The fraction of sp³-hybridized carbons (Fsp3) is 0.609. The Balaban J connectivity index is 2.66. The highest BCUT2D eigenvalue weighted by Gasteiger charge is 2.33. The van der Waals surface area contributed by atoms with E-state index in [-0.39, 0.29) is 11.8 Å². The Morgan fingerprint density at radius 3 is 2.23 bits per heavy atom. The maximum Gasteiger partial charge on any atom is 0.195 e. The second-order valence-electron chi connectivity index (χ2n) is 8.68. The third kappa shape index (κ3) is 4.02. The summed E-state index contributed by atoms with van der Waals surface area (Å²) in [5.74, 6) is -0.0185. The molecule has 1 atom stereocenters. The van der Waals surface area contributed by atoms with Crippen LogP contribution in [0.2, 0.25) is 0 Å². The standard InChI is InChI=1S/C23H33FO2/c1-7-15(21(26)23(6,24)8-2)13-16-14-19(22(3,4)5)20(25)18-12-10-9-11-17(16)18/h13-14,25H,7-12H2,1-6H3. The summed E-state index contributed by atoms with van der Waals surface area (Å²) in [6.45, 7) is 11.2. The maximum atomic E-state index is 14.6. The zero-order valence-corrected chi connectivity index (χ0v) is 17.1. The average Bonchev–Trinajstić information content (AvgIpc) is 2.59. The summed E-state index contributed by atoms with van der Waals surface area (Å²) < 4.78 is 14.6. The first-order valence-corrected chi connectivity index (χ1v) is 9.85. The van der Waals surface area contributed by atoms with Crippen LogP contribution in [0.3, 0.4) is 0 Å². The number of hydrogen-bond acceptors (Lipinski definition) is 2. The molecule has 0 heterocycles. The molecule has 0 saturated carbocycles. The van der Waals surface area contributed by atoms with Gasteiger partial charge in [0.05, 0.1) is 0 Å². The largest absolute Gasteiger partial charge is 0.507 e. The first-order chi connectivity index (χ1) is 12.0. The van der Waals surface area contributed by atoms with Crippen LogP contribution in [0.4, 0.5) is 4.39 Å². The molecule has 1 aromatic carbocycles. The van der Waals surface area contributed by atoms with Crippen molar-refractivity contribution >= 4 is 11.9 Å². The molecule has 1 aliphatic rings. The van der Waals surface area contributed by atoms with Crippen LogP contribution in [-0.4, -0.2) is 16.6 Å². The fourth-order valence-corrected chi connectivity index (χ4v) is 3.67. The van der Waals surface area contributed by atoms with E-state index in [2.05, 4.69) is 20.8 Å². The van der Waals surface area contributed by atoms with Gasteiger partial charge in [0.25, 0.3) is 0 Å². The highest BCUT2D eigenvalue weighted by Crippen LogP contribution is 2.41. The third-order valence-corrected chi connectivity index (χ3v) is 5.60. The number of fused-ring (bicyclic) bond motifs is 1. The Morgan fingerprint density at radius 1 is 1.15 bits per heavy atom. The lowest BCUT2D eigenvalue weighted by Gasteiger charge is -2.28. The molecule has 0 aliphatic heterocycles. The first-order valence-electron chi connectivity index (χ1n) is 9.85. The van der Waals surface area contributed by atoms with Crippen LogP contribution in [0.25, 0.3) is 6.08 Å². The Kier molecular flexibility index (Phi) is 5.99. The van der Waals surface area contributed by atoms with E-state index in [1.807, 2.05) is 19.1 Å². The van der Waals surface area contributed by atoms with Crippen molar-refractivity contribution in [1.82, 2.24) is 0 Å². The monoisotopic (exact) mass is 360 g/mol. The molecule has 0 amide bonds. The Labute approximate surface area is 157 Å². The van der Waals surface area contributed by atoms with Crippen LogP contribution in [0.1, 0.15) is 89.5 Å². The summed E-state index contributed by atoms with van der Waals surface area (Å²) in [4.78, 5) is 12.7. The van der Waals surface area contributed by atoms with E-state index in [1.54, 1.807) is 6.92 Å². The van der Waals surface area contributed by atoms with Crippen molar-refractivity contribution in [3.8, 4) is 5.75 Å². The minimum Gasteiger partial charge on any atom is -0.507 e. The van der Waals surface area contributed by atoms with Crippen LogP contribution in [0.5, 0.6) is 5.75 Å². The lowest BCUT2D eigenvalue weighted by atomic mass is 9.78. The number of benzene rings is 1. The van der Waals surface area contributed by atoms with Gasteiger partial charge in [-0.2, -0.15) is 0 Å². The lowest BCUT2D eigenvalue weighted by Crippen LogP contribution is -2.30. The number of halogens is 1. The molecule has 144 valence electrons. The number of allylic oxidation sites excluding steroid dienone is 1.